The van der Waals surface area contributed by atoms with E-state index < -0.39 is 0 Å². The zero-order valence-electron chi connectivity index (χ0n) is 9.84. The SMILES string of the molecule is CC(CO)C(C)Nc1ccc(N)c2nonc12. The molecule has 17 heavy (non-hydrogen) atoms. The zero-order valence-corrected chi connectivity index (χ0v) is 9.84. The van der Waals surface area contributed by atoms with Crippen molar-refractivity contribution in [2.24, 2.45) is 5.92 Å². The van der Waals surface area contributed by atoms with Gasteiger partial charge in [-0.25, -0.2) is 4.63 Å². The van der Waals surface area contributed by atoms with E-state index in [0.29, 0.717) is 16.7 Å². The molecule has 1 aromatic carbocycles. The molecule has 0 aliphatic heterocycles. The summed E-state index contributed by atoms with van der Waals surface area (Å²) in [7, 11) is 0. The van der Waals surface area contributed by atoms with E-state index >= 15 is 0 Å². The van der Waals surface area contributed by atoms with Crippen LogP contribution in [0.4, 0.5) is 11.4 Å². The predicted molar refractivity (Wildman–Crippen MR) is 65.6 cm³/mol. The Morgan fingerprint density at radius 3 is 2.76 bits per heavy atom. The van der Waals surface area contributed by atoms with Gasteiger partial charge in [0.1, 0.15) is 0 Å². The fraction of sp³-hybridized carbons (Fsp3) is 0.455. The van der Waals surface area contributed by atoms with Gasteiger partial charge in [-0.3, -0.25) is 0 Å². The van der Waals surface area contributed by atoms with Crippen molar-refractivity contribution >= 4 is 22.4 Å². The van der Waals surface area contributed by atoms with Crippen LogP contribution in [-0.4, -0.2) is 28.1 Å². The number of aliphatic hydroxyl groups is 1. The maximum Gasteiger partial charge on any atom is 0.160 e. The number of benzene rings is 1. The number of rotatable bonds is 4. The third-order valence-electron chi connectivity index (χ3n) is 2.97. The molecule has 2 unspecified atom stereocenters. The standard InChI is InChI=1S/C11H16N4O2/c1-6(5-16)7(2)13-9-4-3-8(12)10-11(9)15-17-14-10/h3-4,6-7,13,16H,5,12H2,1-2H3. The van der Waals surface area contributed by atoms with Gasteiger partial charge in [0.15, 0.2) is 11.0 Å². The fourth-order valence-corrected chi connectivity index (χ4v) is 1.55. The van der Waals surface area contributed by atoms with Crippen LogP contribution in [0.25, 0.3) is 11.0 Å². The van der Waals surface area contributed by atoms with Crippen molar-refractivity contribution in [3.8, 4) is 0 Å². The van der Waals surface area contributed by atoms with Crippen molar-refractivity contribution in [3.63, 3.8) is 0 Å². The molecule has 0 saturated heterocycles. The summed E-state index contributed by atoms with van der Waals surface area (Å²) in [4.78, 5) is 0. The molecule has 0 aliphatic rings. The quantitative estimate of drug-likeness (QED) is 0.691. The second-order valence-corrected chi connectivity index (χ2v) is 4.26. The largest absolute Gasteiger partial charge is 0.397 e. The smallest absolute Gasteiger partial charge is 0.160 e. The Bertz CT molecular complexity index is 511. The van der Waals surface area contributed by atoms with Gasteiger partial charge in [0.2, 0.25) is 0 Å². The number of fused-ring (bicyclic) bond motifs is 1. The third-order valence-corrected chi connectivity index (χ3v) is 2.97. The first-order valence-corrected chi connectivity index (χ1v) is 5.51. The van der Waals surface area contributed by atoms with E-state index in [4.69, 9.17) is 10.8 Å². The topological polar surface area (TPSA) is 97.2 Å². The Kier molecular flexibility index (Phi) is 3.14. The first kappa shape index (κ1) is 11.7. The lowest BCUT2D eigenvalue weighted by molar-refractivity contribution is 0.226. The molecular formula is C11H16N4O2. The van der Waals surface area contributed by atoms with Crippen molar-refractivity contribution < 1.29 is 9.74 Å². The Hall–Kier alpha value is -1.82. The zero-order chi connectivity index (χ0) is 12.4. The molecule has 2 rings (SSSR count). The van der Waals surface area contributed by atoms with Crippen LogP contribution >= 0.6 is 0 Å². The van der Waals surface area contributed by atoms with E-state index in [1.165, 1.54) is 0 Å². The summed E-state index contributed by atoms with van der Waals surface area (Å²) in [5, 5.41) is 19.9. The maximum absolute atomic E-state index is 9.09. The minimum Gasteiger partial charge on any atom is -0.397 e. The first-order valence-electron chi connectivity index (χ1n) is 5.51. The molecule has 0 radical (unpaired) electrons. The molecule has 0 spiro atoms. The van der Waals surface area contributed by atoms with Gasteiger partial charge in [0.05, 0.1) is 11.4 Å². The van der Waals surface area contributed by atoms with Gasteiger partial charge < -0.3 is 16.2 Å². The summed E-state index contributed by atoms with van der Waals surface area (Å²) in [6.07, 6.45) is 0. The van der Waals surface area contributed by atoms with Gasteiger partial charge in [0, 0.05) is 12.6 Å². The molecule has 92 valence electrons. The first-order chi connectivity index (χ1) is 8.13. The molecule has 0 amide bonds. The van der Waals surface area contributed by atoms with Gasteiger partial charge >= 0.3 is 0 Å². The summed E-state index contributed by atoms with van der Waals surface area (Å²) >= 11 is 0. The molecular weight excluding hydrogens is 220 g/mol. The molecule has 0 aliphatic carbocycles. The predicted octanol–water partition coefficient (Wildman–Crippen LogP) is 1.23. The van der Waals surface area contributed by atoms with Gasteiger partial charge in [-0.05, 0) is 35.3 Å². The monoisotopic (exact) mass is 236 g/mol. The van der Waals surface area contributed by atoms with Crippen molar-refractivity contribution in [1.82, 2.24) is 10.3 Å². The highest BCUT2D eigenvalue weighted by atomic mass is 16.6. The Balaban J connectivity index is 2.30. The lowest BCUT2D eigenvalue weighted by atomic mass is 10.0. The minimum absolute atomic E-state index is 0.114. The summed E-state index contributed by atoms with van der Waals surface area (Å²) in [6.45, 7) is 4.09. The molecule has 6 heteroatoms. The second kappa shape index (κ2) is 4.58. The van der Waals surface area contributed by atoms with Crippen molar-refractivity contribution in [2.75, 3.05) is 17.7 Å². The summed E-state index contributed by atoms with van der Waals surface area (Å²) in [5.41, 5.74) is 8.27. The van der Waals surface area contributed by atoms with Gasteiger partial charge in [0.25, 0.3) is 0 Å². The van der Waals surface area contributed by atoms with E-state index in [2.05, 4.69) is 20.3 Å². The fourth-order valence-electron chi connectivity index (χ4n) is 1.55. The van der Waals surface area contributed by atoms with E-state index in [9.17, 15) is 0 Å². The van der Waals surface area contributed by atoms with Gasteiger partial charge in [-0.15, -0.1) is 0 Å². The third kappa shape index (κ3) is 2.16. The molecule has 4 N–H and O–H groups in total. The van der Waals surface area contributed by atoms with Crippen LogP contribution in [0.1, 0.15) is 13.8 Å². The summed E-state index contributed by atoms with van der Waals surface area (Å²) in [6, 6.07) is 3.71. The number of nitrogens with two attached hydrogens (primary N) is 1. The van der Waals surface area contributed by atoms with Crippen LogP contribution in [-0.2, 0) is 0 Å². The van der Waals surface area contributed by atoms with Crippen LogP contribution in [0.15, 0.2) is 16.8 Å². The molecule has 0 fully saturated rings. The lowest BCUT2D eigenvalue weighted by Gasteiger charge is -2.20. The van der Waals surface area contributed by atoms with Gasteiger partial charge in [-0.2, -0.15) is 0 Å². The van der Waals surface area contributed by atoms with Crippen molar-refractivity contribution in [1.29, 1.82) is 0 Å². The number of nitrogens with one attached hydrogen (secondary N) is 1. The van der Waals surface area contributed by atoms with Crippen molar-refractivity contribution in [3.05, 3.63) is 12.1 Å². The van der Waals surface area contributed by atoms with Crippen LogP contribution in [0.5, 0.6) is 0 Å². The molecule has 0 bridgehead atoms. The average molecular weight is 236 g/mol. The van der Waals surface area contributed by atoms with E-state index in [1.54, 1.807) is 6.07 Å². The van der Waals surface area contributed by atoms with Crippen LogP contribution in [0.3, 0.4) is 0 Å². The summed E-state index contributed by atoms with van der Waals surface area (Å²) < 4.78 is 4.69. The second-order valence-electron chi connectivity index (χ2n) is 4.26. The molecule has 2 atom stereocenters. The van der Waals surface area contributed by atoms with Crippen LogP contribution in [0.2, 0.25) is 0 Å². The van der Waals surface area contributed by atoms with E-state index in [0.717, 1.165) is 5.69 Å². The molecule has 2 aromatic rings. The Morgan fingerprint density at radius 2 is 2.06 bits per heavy atom. The van der Waals surface area contributed by atoms with Gasteiger partial charge in [-0.1, -0.05) is 6.92 Å². The Morgan fingerprint density at radius 1 is 1.35 bits per heavy atom. The van der Waals surface area contributed by atoms with E-state index in [-0.39, 0.29) is 18.6 Å². The number of nitrogen functional groups attached to an aromatic ring is 1. The number of anilines is 2. The number of hydrogen-bond acceptors (Lipinski definition) is 6. The lowest BCUT2D eigenvalue weighted by Crippen LogP contribution is -2.26. The molecule has 6 nitrogen and oxygen atoms in total. The molecule has 0 saturated carbocycles. The summed E-state index contributed by atoms with van der Waals surface area (Å²) in [5.74, 6) is 0.141. The number of aliphatic hydroxyl groups excluding tert-OH is 1. The van der Waals surface area contributed by atoms with Crippen molar-refractivity contribution in [2.45, 2.75) is 19.9 Å². The number of hydrogen-bond donors (Lipinski definition) is 3. The molecule has 1 aromatic heterocycles. The van der Waals surface area contributed by atoms with Crippen LogP contribution < -0.4 is 11.1 Å². The Labute approximate surface area is 98.8 Å². The highest BCUT2D eigenvalue weighted by Gasteiger charge is 2.15. The number of nitrogens with zero attached hydrogens (tertiary/aromatic N) is 2. The maximum atomic E-state index is 9.09. The minimum atomic E-state index is 0.114. The number of aromatic nitrogens is 2. The van der Waals surface area contributed by atoms with E-state index in [1.807, 2.05) is 19.9 Å². The highest BCUT2D eigenvalue weighted by molar-refractivity contribution is 5.95. The molecule has 1 heterocycles. The average Bonchev–Trinajstić information content (AvgIpc) is 2.81. The van der Waals surface area contributed by atoms with Crippen LogP contribution in [0, 0.1) is 5.92 Å². The normalized spacial score (nSPS) is 14.8. The highest BCUT2D eigenvalue weighted by Crippen LogP contribution is 2.26.